The number of hydrogen-bond donors (Lipinski definition) is 0. The minimum absolute atomic E-state index is 0.0126. The molecule has 17 heavy (non-hydrogen) atoms. The molecule has 2 rings (SSSR count). The first-order valence-electron chi connectivity index (χ1n) is 6.09. The highest BCUT2D eigenvalue weighted by Crippen LogP contribution is 2.14. The van der Waals surface area contributed by atoms with Gasteiger partial charge in [0.25, 0.3) is 0 Å². The van der Waals surface area contributed by atoms with E-state index in [9.17, 15) is 9.59 Å². The van der Waals surface area contributed by atoms with Crippen LogP contribution in [0.15, 0.2) is 30.3 Å². The Bertz CT molecular complexity index is 382. The maximum atomic E-state index is 12.1. The van der Waals surface area contributed by atoms with Crippen LogP contribution in [0.2, 0.25) is 0 Å². The molecule has 1 fully saturated rings. The van der Waals surface area contributed by atoms with Crippen molar-refractivity contribution < 1.29 is 9.59 Å². The van der Waals surface area contributed by atoms with Crippen LogP contribution in [0.3, 0.4) is 0 Å². The molecule has 1 saturated heterocycles. The zero-order valence-corrected chi connectivity index (χ0v) is 9.84. The standard InChI is InChI=1S/C14H17NO2/c16-11-13(10-12-6-2-1-3-7-12)14(17)15-8-4-5-9-15/h1-3,6-7,11,13H,4-5,8-10H2. The Kier molecular flexibility index (Phi) is 3.91. The summed E-state index contributed by atoms with van der Waals surface area (Å²) >= 11 is 0. The fourth-order valence-electron chi connectivity index (χ4n) is 2.23. The number of carbonyl (C=O) groups is 2. The molecule has 3 nitrogen and oxygen atoms in total. The average Bonchev–Trinajstić information content (AvgIpc) is 2.90. The van der Waals surface area contributed by atoms with E-state index < -0.39 is 5.92 Å². The maximum absolute atomic E-state index is 12.1. The quantitative estimate of drug-likeness (QED) is 0.584. The van der Waals surface area contributed by atoms with Gasteiger partial charge in [-0.3, -0.25) is 4.79 Å². The normalized spacial score (nSPS) is 16.8. The number of carbonyl (C=O) groups excluding carboxylic acids is 2. The van der Waals surface area contributed by atoms with Crippen LogP contribution in [0.4, 0.5) is 0 Å². The second-order valence-corrected chi connectivity index (χ2v) is 4.46. The first-order chi connectivity index (χ1) is 8.31. The number of likely N-dealkylation sites (tertiary alicyclic amines) is 1. The fourth-order valence-corrected chi connectivity index (χ4v) is 2.23. The molecule has 1 aromatic rings. The predicted molar refractivity (Wildman–Crippen MR) is 65.5 cm³/mol. The number of benzene rings is 1. The van der Waals surface area contributed by atoms with Gasteiger partial charge in [0.15, 0.2) is 0 Å². The van der Waals surface area contributed by atoms with E-state index in [0.29, 0.717) is 6.42 Å². The van der Waals surface area contributed by atoms with Gasteiger partial charge >= 0.3 is 0 Å². The number of hydrogen-bond acceptors (Lipinski definition) is 2. The minimum Gasteiger partial charge on any atom is -0.342 e. The van der Waals surface area contributed by atoms with Crippen molar-refractivity contribution in [2.75, 3.05) is 13.1 Å². The Hall–Kier alpha value is -1.64. The van der Waals surface area contributed by atoms with E-state index in [-0.39, 0.29) is 5.91 Å². The highest BCUT2D eigenvalue weighted by atomic mass is 16.2. The second kappa shape index (κ2) is 5.62. The van der Waals surface area contributed by atoms with Crippen molar-refractivity contribution in [2.45, 2.75) is 19.3 Å². The molecule has 0 spiro atoms. The molecule has 0 aromatic heterocycles. The van der Waals surface area contributed by atoms with Crippen LogP contribution in [0.25, 0.3) is 0 Å². The van der Waals surface area contributed by atoms with E-state index in [2.05, 4.69) is 0 Å². The molecule has 0 saturated carbocycles. The number of amides is 1. The Labute approximate surface area is 101 Å². The van der Waals surface area contributed by atoms with Crippen molar-refractivity contribution in [3.8, 4) is 0 Å². The summed E-state index contributed by atoms with van der Waals surface area (Å²) in [6, 6.07) is 9.69. The number of nitrogens with zero attached hydrogens (tertiary/aromatic N) is 1. The highest BCUT2D eigenvalue weighted by Gasteiger charge is 2.25. The van der Waals surface area contributed by atoms with Crippen LogP contribution in [0.1, 0.15) is 18.4 Å². The average molecular weight is 231 g/mol. The molecule has 1 amide bonds. The zero-order valence-electron chi connectivity index (χ0n) is 9.84. The molecule has 1 heterocycles. The Morgan fingerprint density at radius 3 is 2.47 bits per heavy atom. The van der Waals surface area contributed by atoms with E-state index >= 15 is 0 Å². The van der Waals surface area contributed by atoms with Crippen molar-refractivity contribution >= 4 is 12.2 Å². The van der Waals surface area contributed by atoms with Crippen molar-refractivity contribution in [1.82, 2.24) is 4.90 Å². The predicted octanol–water partition coefficient (Wildman–Crippen LogP) is 1.67. The molecule has 90 valence electrons. The summed E-state index contributed by atoms with van der Waals surface area (Å²) in [4.78, 5) is 24.9. The Balaban J connectivity index is 2.01. The lowest BCUT2D eigenvalue weighted by Gasteiger charge is -2.19. The second-order valence-electron chi connectivity index (χ2n) is 4.46. The molecule has 1 atom stereocenters. The van der Waals surface area contributed by atoms with Gasteiger partial charge in [-0.2, -0.15) is 0 Å². The van der Waals surface area contributed by atoms with Gasteiger partial charge in [0.2, 0.25) is 5.91 Å². The number of rotatable bonds is 4. The Morgan fingerprint density at radius 1 is 1.24 bits per heavy atom. The van der Waals surface area contributed by atoms with Gasteiger partial charge in [0.1, 0.15) is 6.29 Å². The largest absolute Gasteiger partial charge is 0.342 e. The first-order valence-corrected chi connectivity index (χ1v) is 6.09. The molecular formula is C14H17NO2. The summed E-state index contributed by atoms with van der Waals surface area (Å²) in [5.41, 5.74) is 1.04. The molecule has 0 N–H and O–H groups in total. The maximum Gasteiger partial charge on any atom is 0.233 e. The van der Waals surface area contributed by atoms with E-state index in [1.165, 1.54) is 0 Å². The number of aldehydes is 1. The van der Waals surface area contributed by atoms with Crippen LogP contribution in [0.5, 0.6) is 0 Å². The molecule has 3 heteroatoms. The van der Waals surface area contributed by atoms with Crippen LogP contribution >= 0.6 is 0 Å². The highest BCUT2D eigenvalue weighted by molar-refractivity contribution is 5.92. The first kappa shape index (κ1) is 11.8. The molecule has 1 aromatic carbocycles. The van der Waals surface area contributed by atoms with Gasteiger partial charge in [0, 0.05) is 13.1 Å². The van der Waals surface area contributed by atoms with Gasteiger partial charge in [-0.25, -0.2) is 0 Å². The third kappa shape index (κ3) is 2.93. The lowest BCUT2D eigenvalue weighted by Crippen LogP contribution is -2.35. The molecular weight excluding hydrogens is 214 g/mol. The molecule has 1 aliphatic rings. The van der Waals surface area contributed by atoms with Crippen LogP contribution in [0, 0.1) is 5.92 Å². The van der Waals surface area contributed by atoms with Gasteiger partial charge in [-0.05, 0) is 24.8 Å². The minimum atomic E-state index is -0.518. The summed E-state index contributed by atoms with van der Waals surface area (Å²) < 4.78 is 0. The third-order valence-corrected chi connectivity index (χ3v) is 3.20. The third-order valence-electron chi connectivity index (χ3n) is 3.20. The van der Waals surface area contributed by atoms with Crippen LogP contribution in [-0.2, 0) is 16.0 Å². The molecule has 0 radical (unpaired) electrons. The van der Waals surface area contributed by atoms with Crippen molar-refractivity contribution in [1.29, 1.82) is 0 Å². The van der Waals surface area contributed by atoms with Gasteiger partial charge < -0.3 is 9.69 Å². The van der Waals surface area contributed by atoms with Crippen molar-refractivity contribution in [3.63, 3.8) is 0 Å². The summed E-state index contributed by atoms with van der Waals surface area (Å²) in [7, 11) is 0. The summed E-state index contributed by atoms with van der Waals surface area (Å²) in [5, 5.41) is 0. The van der Waals surface area contributed by atoms with Crippen LogP contribution < -0.4 is 0 Å². The van der Waals surface area contributed by atoms with E-state index in [1.54, 1.807) is 0 Å². The van der Waals surface area contributed by atoms with Crippen LogP contribution in [-0.4, -0.2) is 30.2 Å². The fraction of sp³-hybridized carbons (Fsp3) is 0.429. The topological polar surface area (TPSA) is 37.4 Å². The molecule has 0 bridgehead atoms. The SMILES string of the molecule is O=CC(Cc1ccccc1)C(=O)N1CCCC1. The molecule has 1 aliphatic heterocycles. The van der Waals surface area contributed by atoms with Gasteiger partial charge in [-0.1, -0.05) is 30.3 Å². The Morgan fingerprint density at radius 2 is 1.88 bits per heavy atom. The summed E-state index contributed by atoms with van der Waals surface area (Å²) in [6.07, 6.45) is 3.42. The summed E-state index contributed by atoms with van der Waals surface area (Å²) in [5.74, 6) is -0.531. The molecule has 0 aliphatic carbocycles. The monoisotopic (exact) mass is 231 g/mol. The smallest absolute Gasteiger partial charge is 0.233 e. The zero-order chi connectivity index (χ0) is 12.1. The summed E-state index contributed by atoms with van der Waals surface area (Å²) in [6.45, 7) is 1.61. The van der Waals surface area contributed by atoms with Crippen molar-refractivity contribution in [3.05, 3.63) is 35.9 Å². The van der Waals surface area contributed by atoms with E-state index in [4.69, 9.17) is 0 Å². The van der Waals surface area contributed by atoms with Gasteiger partial charge in [0.05, 0.1) is 5.92 Å². The lowest BCUT2D eigenvalue weighted by atomic mass is 9.99. The lowest BCUT2D eigenvalue weighted by molar-refractivity contribution is -0.136. The van der Waals surface area contributed by atoms with Gasteiger partial charge in [-0.15, -0.1) is 0 Å². The molecule has 1 unspecified atom stereocenters. The van der Waals surface area contributed by atoms with E-state index in [1.807, 2.05) is 35.2 Å². The van der Waals surface area contributed by atoms with E-state index in [0.717, 1.165) is 37.8 Å². The van der Waals surface area contributed by atoms with Crippen molar-refractivity contribution in [2.24, 2.45) is 5.92 Å².